The number of carbonyl (C=O) groups excluding carboxylic acids is 6. The number of anilines is 4. The second-order valence-electron chi connectivity index (χ2n) is 18.4. The van der Waals surface area contributed by atoms with Crippen molar-refractivity contribution in [3.05, 3.63) is 118 Å². The van der Waals surface area contributed by atoms with E-state index >= 15 is 0 Å². The van der Waals surface area contributed by atoms with E-state index in [9.17, 15) is 37.5 Å². The largest absolute Gasteiger partial charge is 0.384 e. The Morgan fingerprint density at radius 2 is 1.54 bits per heavy atom. The van der Waals surface area contributed by atoms with Crippen LogP contribution in [-0.2, 0) is 25.5 Å². The van der Waals surface area contributed by atoms with Crippen LogP contribution in [0.3, 0.4) is 0 Å². The minimum atomic E-state index is -1.02. The third-order valence-corrected chi connectivity index (χ3v) is 13.5. The molecule has 5 heterocycles. The summed E-state index contributed by atoms with van der Waals surface area (Å²) in [6.07, 6.45) is 4.96. The van der Waals surface area contributed by atoms with E-state index in [0.717, 1.165) is 77.7 Å². The van der Waals surface area contributed by atoms with Crippen LogP contribution >= 0.6 is 0 Å². The van der Waals surface area contributed by atoms with Crippen LogP contribution in [0.1, 0.15) is 105 Å². The zero-order valence-corrected chi connectivity index (χ0v) is 38.8. The van der Waals surface area contributed by atoms with E-state index < -0.39 is 47.5 Å². The number of hydrogen-bond donors (Lipinski definition) is 7. The van der Waals surface area contributed by atoms with Crippen LogP contribution < -0.4 is 42.3 Å². The molecule has 6 amide bonds. The van der Waals surface area contributed by atoms with Crippen molar-refractivity contribution in [2.45, 2.75) is 76.0 Å². The second-order valence-corrected chi connectivity index (χ2v) is 18.4. The third-order valence-electron chi connectivity index (χ3n) is 13.5. The highest BCUT2D eigenvalue weighted by atomic mass is 19.1. The van der Waals surface area contributed by atoms with E-state index in [0.29, 0.717) is 82.3 Å². The number of carbonyl (C=O) groups is 6. The van der Waals surface area contributed by atoms with Crippen LogP contribution in [0.15, 0.2) is 72.8 Å². The summed E-state index contributed by atoms with van der Waals surface area (Å²) in [5, 5.41) is 15.3. The number of unbranched alkanes of at least 4 members (excludes halogenated alkanes) is 3. The van der Waals surface area contributed by atoms with Gasteiger partial charge in [-0.3, -0.25) is 43.9 Å². The molecular formula is C51H58F2N10O7. The fourth-order valence-corrected chi connectivity index (χ4v) is 9.82. The highest BCUT2D eigenvalue weighted by Gasteiger charge is 2.45. The molecule has 9 rings (SSSR count). The van der Waals surface area contributed by atoms with Gasteiger partial charge < -0.3 is 36.3 Å². The summed E-state index contributed by atoms with van der Waals surface area (Å²) in [6, 6.07) is 19.1. The number of amides is 6. The molecule has 2 atom stereocenters. The smallest absolute Gasteiger partial charge is 0.264 e. The monoisotopic (exact) mass is 960 g/mol. The molecule has 0 aliphatic carbocycles. The van der Waals surface area contributed by atoms with E-state index in [1.807, 2.05) is 36.4 Å². The van der Waals surface area contributed by atoms with Gasteiger partial charge in [-0.1, -0.05) is 25.0 Å². The molecule has 17 nitrogen and oxygen atoms in total. The Balaban J connectivity index is 0.713. The zero-order chi connectivity index (χ0) is 48.7. The summed E-state index contributed by atoms with van der Waals surface area (Å²) in [5.74, 6) is -3.70. The predicted molar refractivity (Wildman–Crippen MR) is 258 cm³/mol. The molecule has 3 fully saturated rings. The Labute approximate surface area is 404 Å². The Morgan fingerprint density at radius 3 is 2.31 bits per heavy atom. The number of halogens is 2. The molecule has 2 unspecified atom stereocenters. The van der Waals surface area contributed by atoms with Crippen LogP contribution in [0.5, 0.6) is 0 Å². The number of ether oxygens (including phenoxy) is 1. The minimum Gasteiger partial charge on any atom is -0.384 e. The molecule has 5 aliphatic rings. The summed E-state index contributed by atoms with van der Waals surface area (Å²) in [5.41, 5.74) is 12.4. The maximum Gasteiger partial charge on any atom is 0.264 e. The van der Waals surface area contributed by atoms with E-state index in [1.54, 1.807) is 18.2 Å². The molecule has 368 valence electrons. The maximum atomic E-state index is 14.0. The molecule has 0 spiro atoms. The van der Waals surface area contributed by atoms with Crippen molar-refractivity contribution in [1.29, 1.82) is 0 Å². The SMILES string of the molecule is O=C(CN1CCN(c2ccc(C(=O)NC3NNc4ccc(Cc5cc(F)cc(F)c5)cc43)c(NC3CCOCC3)c2)CC1)NCCCCCCNc1cccc2c1C(=O)N(C1CCC(=O)NC1=O)C2=O. The third kappa shape index (κ3) is 11.2. The lowest BCUT2D eigenvalue weighted by atomic mass is 10.0. The molecule has 3 saturated heterocycles. The number of hydrogen-bond acceptors (Lipinski definition) is 13. The van der Waals surface area contributed by atoms with Gasteiger partial charge in [-0.15, -0.1) is 0 Å². The summed E-state index contributed by atoms with van der Waals surface area (Å²) >= 11 is 0. The average molecular weight is 961 g/mol. The minimum absolute atomic E-state index is 0.0234. The lowest BCUT2D eigenvalue weighted by Gasteiger charge is -2.36. The highest BCUT2D eigenvalue weighted by Crippen LogP contribution is 2.34. The first-order valence-electron chi connectivity index (χ1n) is 24.2. The molecule has 0 bridgehead atoms. The quantitative estimate of drug-likeness (QED) is 0.0529. The highest BCUT2D eigenvalue weighted by molar-refractivity contribution is 6.25. The molecule has 0 aromatic heterocycles. The molecule has 70 heavy (non-hydrogen) atoms. The van der Waals surface area contributed by atoms with Crippen molar-refractivity contribution in [1.82, 2.24) is 31.2 Å². The summed E-state index contributed by atoms with van der Waals surface area (Å²) in [4.78, 5) is 82.9. The number of fused-ring (bicyclic) bond motifs is 2. The van der Waals surface area contributed by atoms with Crippen molar-refractivity contribution in [2.24, 2.45) is 0 Å². The van der Waals surface area contributed by atoms with E-state index in [2.05, 4.69) is 47.2 Å². The van der Waals surface area contributed by atoms with Crippen LogP contribution in [0, 0.1) is 11.6 Å². The van der Waals surface area contributed by atoms with Crippen molar-refractivity contribution in [3.8, 4) is 0 Å². The van der Waals surface area contributed by atoms with Gasteiger partial charge in [0, 0.05) is 93.6 Å². The second kappa shape index (κ2) is 21.8. The number of imide groups is 2. The first kappa shape index (κ1) is 48.1. The van der Waals surface area contributed by atoms with Crippen LogP contribution in [0.2, 0.25) is 0 Å². The normalized spacial score (nSPS) is 19.3. The van der Waals surface area contributed by atoms with Crippen molar-refractivity contribution < 1.29 is 42.3 Å². The van der Waals surface area contributed by atoms with Gasteiger partial charge >= 0.3 is 0 Å². The summed E-state index contributed by atoms with van der Waals surface area (Å²) < 4.78 is 33.4. The maximum absolute atomic E-state index is 14.0. The first-order valence-corrected chi connectivity index (χ1v) is 24.2. The van der Waals surface area contributed by atoms with Crippen molar-refractivity contribution in [2.75, 3.05) is 80.0 Å². The van der Waals surface area contributed by atoms with Gasteiger partial charge in [-0.25, -0.2) is 14.2 Å². The number of benzene rings is 4. The predicted octanol–water partition coefficient (Wildman–Crippen LogP) is 4.82. The van der Waals surface area contributed by atoms with Gasteiger partial charge in [0.2, 0.25) is 17.7 Å². The number of piperidine rings is 1. The molecule has 4 aromatic rings. The molecule has 7 N–H and O–H groups in total. The number of nitrogens with one attached hydrogen (secondary N) is 7. The topological polar surface area (TPSA) is 206 Å². The van der Waals surface area contributed by atoms with Gasteiger partial charge in [0.05, 0.1) is 28.9 Å². The standard InChI is InChI=1S/C51H58F2N10O7/c52-33-25-32(26-34(53)28-33)24-31-8-11-40-39(27-31)47(60-59-40)58-48(66)37-10-9-36(29-42(37)56-35-14-22-70-23-15-35)62-20-18-61(19-21-62)30-45(65)55-17-4-2-1-3-16-54-41-7-5-6-38-46(41)51(69)63(50(38)68)43-12-13-44(64)57-49(43)67/h5-11,25-29,35,43,47,54,56,59-60H,1-4,12-24,30H2,(H,55,65)(H,58,66)(H,57,64,67). The molecule has 19 heteroatoms. The molecule has 5 aliphatic heterocycles. The van der Waals surface area contributed by atoms with Crippen LogP contribution in [0.4, 0.5) is 31.5 Å². The van der Waals surface area contributed by atoms with Gasteiger partial charge in [-0.2, -0.15) is 0 Å². The molecule has 0 radical (unpaired) electrons. The summed E-state index contributed by atoms with van der Waals surface area (Å²) in [6.45, 7) is 5.51. The van der Waals surface area contributed by atoms with Crippen LogP contribution in [-0.4, -0.2) is 116 Å². The number of rotatable bonds is 18. The Kier molecular flexibility index (Phi) is 15.0. The lowest BCUT2D eigenvalue weighted by Crippen LogP contribution is -2.54. The van der Waals surface area contributed by atoms with Gasteiger partial charge in [0.25, 0.3) is 17.7 Å². The molecular weight excluding hydrogens is 903 g/mol. The van der Waals surface area contributed by atoms with Crippen molar-refractivity contribution in [3.63, 3.8) is 0 Å². The van der Waals surface area contributed by atoms with Crippen LogP contribution in [0.25, 0.3) is 0 Å². The van der Waals surface area contributed by atoms with E-state index in [-0.39, 0.29) is 41.8 Å². The first-order chi connectivity index (χ1) is 34.0. The number of piperazine rings is 1. The Bertz CT molecular complexity index is 2630. The lowest BCUT2D eigenvalue weighted by molar-refractivity contribution is -0.136. The van der Waals surface area contributed by atoms with Gasteiger partial charge in [0.1, 0.15) is 23.8 Å². The zero-order valence-electron chi connectivity index (χ0n) is 38.8. The summed E-state index contributed by atoms with van der Waals surface area (Å²) in [7, 11) is 0. The fourth-order valence-electron chi connectivity index (χ4n) is 9.82. The average Bonchev–Trinajstić information content (AvgIpc) is 3.85. The molecule has 0 saturated carbocycles. The van der Waals surface area contributed by atoms with Gasteiger partial charge in [0.15, 0.2) is 0 Å². The van der Waals surface area contributed by atoms with Gasteiger partial charge in [-0.05, 0) is 104 Å². The fraction of sp³-hybridized carbons (Fsp3) is 0.412. The van der Waals surface area contributed by atoms with Crippen molar-refractivity contribution >= 4 is 58.2 Å². The number of nitrogens with zero attached hydrogens (tertiary/aromatic N) is 3. The van der Waals surface area contributed by atoms with E-state index in [1.165, 1.54) is 12.1 Å². The number of hydrazine groups is 1. The van der Waals surface area contributed by atoms with E-state index in [4.69, 9.17) is 4.74 Å². The molecule has 4 aromatic carbocycles. The Hall–Kier alpha value is -6.96. The Morgan fingerprint density at radius 1 is 0.771 bits per heavy atom.